The van der Waals surface area contributed by atoms with Gasteiger partial charge in [0.15, 0.2) is 0 Å². The van der Waals surface area contributed by atoms with E-state index in [2.05, 4.69) is 15.3 Å². The molecule has 180 valence electrons. The minimum Gasteiger partial charge on any atom is -0.399 e. The van der Waals surface area contributed by atoms with Gasteiger partial charge in [0.05, 0.1) is 10.9 Å². The summed E-state index contributed by atoms with van der Waals surface area (Å²) >= 11 is 0. The zero-order chi connectivity index (χ0) is 24.6. The van der Waals surface area contributed by atoms with E-state index in [-0.39, 0.29) is 29.6 Å². The molecule has 1 amide bonds. The summed E-state index contributed by atoms with van der Waals surface area (Å²) in [4.78, 5) is 34.9. The summed E-state index contributed by atoms with van der Waals surface area (Å²) in [6.45, 7) is 2.74. The highest BCUT2D eigenvalue weighted by molar-refractivity contribution is 5.87. The fourth-order valence-corrected chi connectivity index (χ4v) is 4.40. The van der Waals surface area contributed by atoms with Crippen LogP contribution in [0.25, 0.3) is 11.0 Å². The lowest BCUT2D eigenvalue weighted by atomic mass is 9.89. The van der Waals surface area contributed by atoms with Gasteiger partial charge in [-0.2, -0.15) is 13.2 Å². The van der Waals surface area contributed by atoms with Crippen LogP contribution in [-0.4, -0.2) is 38.4 Å². The number of amides is 1. The number of rotatable bonds is 4. The number of nitrogens with one attached hydrogen (secondary N) is 1. The van der Waals surface area contributed by atoms with Crippen LogP contribution in [0.1, 0.15) is 42.4 Å². The minimum absolute atomic E-state index is 0.0139. The highest BCUT2D eigenvalue weighted by atomic mass is 19.4. The van der Waals surface area contributed by atoms with E-state index in [9.17, 15) is 22.8 Å². The number of hydrogen-bond acceptors (Lipinski definition) is 6. The number of alkyl halides is 3. The first kappa shape index (κ1) is 23.5. The van der Waals surface area contributed by atoms with Gasteiger partial charge in [-0.1, -0.05) is 0 Å². The second-order valence-corrected chi connectivity index (χ2v) is 8.52. The second kappa shape index (κ2) is 8.96. The van der Waals surface area contributed by atoms with Crippen LogP contribution in [0.4, 0.5) is 24.7 Å². The highest BCUT2D eigenvalue weighted by Crippen LogP contribution is 2.32. The summed E-state index contributed by atoms with van der Waals surface area (Å²) in [6, 6.07) is 5.16. The SMILES string of the molecule is CC(=O)N1CCC(c2cc3c(NCc4cc(N)cc(C(F)(F)F)c4)ncnc3n(C)c2=O)CC1. The van der Waals surface area contributed by atoms with Crippen molar-refractivity contribution in [1.29, 1.82) is 0 Å². The van der Waals surface area contributed by atoms with E-state index in [1.54, 1.807) is 18.0 Å². The largest absolute Gasteiger partial charge is 0.416 e. The number of aryl methyl sites for hydroxylation is 1. The van der Waals surface area contributed by atoms with E-state index in [0.717, 1.165) is 12.1 Å². The molecule has 34 heavy (non-hydrogen) atoms. The van der Waals surface area contributed by atoms with Crippen LogP contribution >= 0.6 is 0 Å². The number of nitrogens with zero attached hydrogens (tertiary/aromatic N) is 4. The minimum atomic E-state index is -4.50. The molecule has 0 spiro atoms. The molecule has 8 nitrogen and oxygen atoms in total. The highest BCUT2D eigenvalue weighted by Gasteiger charge is 2.31. The topological polar surface area (TPSA) is 106 Å². The van der Waals surface area contributed by atoms with Gasteiger partial charge in [0.25, 0.3) is 5.56 Å². The number of benzene rings is 1. The van der Waals surface area contributed by atoms with E-state index in [4.69, 9.17) is 5.73 Å². The van der Waals surface area contributed by atoms with Crippen molar-refractivity contribution in [2.45, 2.75) is 38.4 Å². The second-order valence-electron chi connectivity index (χ2n) is 8.52. The predicted octanol–water partition coefficient (Wildman–Crippen LogP) is 3.27. The summed E-state index contributed by atoms with van der Waals surface area (Å²) in [5.41, 5.74) is 6.07. The number of likely N-dealkylation sites (tertiary alicyclic amines) is 1. The van der Waals surface area contributed by atoms with Gasteiger partial charge in [0.1, 0.15) is 17.8 Å². The molecule has 4 rings (SSSR count). The molecule has 3 N–H and O–H groups in total. The smallest absolute Gasteiger partial charge is 0.399 e. The van der Waals surface area contributed by atoms with Crippen molar-refractivity contribution in [1.82, 2.24) is 19.4 Å². The average Bonchev–Trinajstić information content (AvgIpc) is 2.79. The maximum absolute atomic E-state index is 13.1. The van der Waals surface area contributed by atoms with Gasteiger partial charge in [0, 0.05) is 44.9 Å². The number of halogens is 3. The Morgan fingerprint density at radius 2 is 1.88 bits per heavy atom. The Morgan fingerprint density at radius 3 is 2.53 bits per heavy atom. The summed E-state index contributed by atoms with van der Waals surface area (Å²) < 4.78 is 40.9. The van der Waals surface area contributed by atoms with Crippen molar-refractivity contribution in [3.8, 4) is 0 Å². The number of aromatic nitrogens is 3. The van der Waals surface area contributed by atoms with Crippen LogP contribution in [0.2, 0.25) is 0 Å². The van der Waals surface area contributed by atoms with Gasteiger partial charge in [0.2, 0.25) is 5.91 Å². The van der Waals surface area contributed by atoms with Crippen molar-refractivity contribution in [3.05, 3.63) is 57.6 Å². The summed E-state index contributed by atoms with van der Waals surface area (Å²) in [6.07, 6.45) is -1.87. The van der Waals surface area contributed by atoms with E-state index in [1.165, 1.54) is 23.9 Å². The molecule has 1 saturated heterocycles. The molecule has 0 unspecified atom stereocenters. The van der Waals surface area contributed by atoms with Crippen LogP contribution in [-0.2, 0) is 24.6 Å². The molecule has 0 radical (unpaired) electrons. The molecule has 1 aliphatic rings. The van der Waals surface area contributed by atoms with E-state index >= 15 is 0 Å². The van der Waals surface area contributed by atoms with Crippen molar-refractivity contribution in [2.24, 2.45) is 7.05 Å². The molecule has 0 aliphatic carbocycles. The number of pyridine rings is 1. The lowest BCUT2D eigenvalue weighted by Gasteiger charge is -2.31. The third-order valence-corrected chi connectivity index (χ3v) is 6.21. The molecule has 1 aliphatic heterocycles. The molecule has 1 fully saturated rings. The zero-order valence-corrected chi connectivity index (χ0v) is 18.8. The fraction of sp³-hybridized carbons (Fsp3) is 0.391. The van der Waals surface area contributed by atoms with E-state index in [1.807, 2.05) is 0 Å². The van der Waals surface area contributed by atoms with Crippen molar-refractivity contribution < 1.29 is 18.0 Å². The first-order chi connectivity index (χ1) is 16.0. The number of carbonyl (C=O) groups is 1. The quantitative estimate of drug-likeness (QED) is 0.563. The van der Waals surface area contributed by atoms with Gasteiger partial charge in [-0.05, 0) is 48.6 Å². The molecule has 2 aromatic heterocycles. The summed E-state index contributed by atoms with van der Waals surface area (Å²) in [5.74, 6) is 0.397. The molecule has 0 saturated carbocycles. The first-order valence-electron chi connectivity index (χ1n) is 10.8. The van der Waals surface area contributed by atoms with Gasteiger partial charge in [-0.15, -0.1) is 0 Å². The molecule has 11 heteroatoms. The Bertz CT molecular complexity index is 1300. The van der Waals surface area contributed by atoms with Crippen LogP contribution in [0, 0.1) is 0 Å². The maximum Gasteiger partial charge on any atom is 0.416 e. The molecule has 0 atom stereocenters. The monoisotopic (exact) mass is 474 g/mol. The van der Waals surface area contributed by atoms with Gasteiger partial charge < -0.3 is 16.0 Å². The van der Waals surface area contributed by atoms with E-state index < -0.39 is 11.7 Å². The molecule has 1 aromatic carbocycles. The normalized spacial score (nSPS) is 15.0. The lowest BCUT2D eigenvalue weighted by Crippen LogP contribution is -2.38. The number of hydrogen-bond donors (Lipinski definition) is 2. The fourth-order valence-electron chi connectivity index (χ4n) is 4.40. The Hall–Kier alpha value is -3.63. The molecular weight excluding hydrogens is 449 g/mol. The van der Waals surface area contributed by atoms with Gasteiger partial charge in [-0.3, -0.25) is 14.2 Å². The van der Waals surface area contributed by atoms with Crippen molar-refractivity contribution in [2.75, 3.05) is 24.1 Å². The Balaban J connectivity index is 1.65. The van der Waals surface area contributed by atoms with E-state index in [0.29, 0.717) is 53.9 Å². The van der Waals surface area contributed by atoms with Gasteiger partial charge in [-0.25, -0.2) is 9.97 Å². The lowest BCUT2D eigenvalue weighted by molar-refractivity contribution is -0.137. The molecule has 3 aromatic rings. The number of nitrogen functional groups attached to an aromatic ring is 1. The van der Waals surface area contributed by atoms with Crippen molar-refractivity contribution >= 4 is 28.4 Å². The predicted molar refractivity (Wildman–Crippen MR) is 122 cm³/mol. The zero-order valence-electron chi connectivity index (χ0n) is 18.8. The number of carbonyl (C=O) groups excluding carboxylic acids is 1. The van der Waals surface area contributed by atoms with Gasteiger partial charge >= 0.3 is 6.18 Å². The molecule has 0 bridgehead atoms. The Kier molecular flexibility index (Phi) is 6.20. The summed E-state index contributed by atoms with van der Waals surface area (Å²) in [5, 5.41) is 3.66. The number of fused-ring (bicyclic) bond motifs is 1. The molecule has 3 heterocycles. The van der Waals surface area contributed by atoms with Crippen LogP contribution in [0.3, 0.4) is 0 Å². The number of anilines is 2. The number of nitrogens with two attached hydrogens (primary N) is 1. The summed E-state index contributed by atoms with van der Waals surface area (Å²) in [7, 11) is 1.63. The third kappa shape index (κ3) is 4.68. The van der Waals surface area contributed by atoms with Crippen LogP contribution in [0.5, 0.6) is 0 Å². The number of piperidine rings is 1. The maximum atomic E-state index is 13.1. The van der Waals surface area contributed by atoms with Crippen LogP contribution < -0.4 is 16.6 Å². The average molecular weight is 474 g/mol. The van der Waals surface area contributed by atoms with Crippen LogP contribution in [0.15, 0.2) is 35.4 Å². The first-order valence-corrected chi connectivity index (χ1v) is 10.8. The molecular formula is C23H25F3N6O2. The Morgan fingerprint density at radius 1 is 1.18 bits per heavy atom. The van der Waals surface area contributed by atoms with Crippen molar-refractivity contribution in [3.63, 3.8) is 0 Å². The third-order valence-electron chi connectivity index (χ3n) is 6.21. The Labute approximate surface area is 193 Å². The standard InChI is InChI=1S/C23H25F3N6O2/c1-13(33)32-5-3-15(4-6-32)18-10-19-20(29-12-30-21(19)31(2)22(18)34)28-11-14-7-16(23(24,25)26)9-17(27)8-14/h7-10,12,15H,3-6,11,27H2,1-2H3,(H,28,29,30).